The highest BCUT2D eigenvalue weighted by atomic mass is 79.9. The number of amides is 2. The van der Waals surface area contributed by atoms with Gasteiger partial charge in [0.2, 0.25) is 11.8 Å². The lowest BCUT2D eigenvalue weighted by atomic mass is 10.1. The Morgan fingerprint density at radius 2 is 1.85 bits per heavy atom. The summed E-state index contributed by atoms with van der Waals surface area (Å²) in [4.78, 5) is 28.3. The van der Waals surface area contributed by atoms with Crippen molar-refractivity contribution in [2.75, 3.05) is 40.5 Å². The molecule has 1 heterocycles. The molecule has 0 aliphatic carbocycles. The highest BCUT2D eigenvalue weighted by Crippen LogP contribution is 2.36. The van der Waals surface area contributed by atoms with Crippen molar-refractivity contribution in [3.8, 4) is 0 Å². The van der Waals surface area contributed by atoms with Crippen LogP contribution in [0.5, 0.6) is 0 Å². The van der Waals surface area contributed by atoms with E-state index >= 15 is 0 Å². The molecule has 1 N–H and O–H groups in total. The number of benzene rings is 2. The van der Waals surface area contributed by atoms with Crippen molar-refractivity contribution in [2.24, 2.45) is 0 Å². The third-order valence-electron chi connectivity index (χ3n) is 5.95. The summed E-state index contributed by atoms with van der Waals surface area (Å²) in [5.41, 5.74) is 4.22. The smallest absolute Gasteiger partial charge is 0.225 e. The quantitative estimate of drug-likeness (QED) is 0.544. The molecule has 1 aliphatic heterocycles. The molecule has 7 nitrogen and oxygen atoms in total. The van der Waals surface area contributed by atoms with E-state index in [0.29, 0.717) is 28.8 Å². The van der Waals surface area contributed by atoms with Crippen LogP contribution in [0.1, 0.15) is 38.3 Å². The van der Waals surface area contributed by atoms with Crippen LogP contribution in [0.4, 0.5) is 17.1 Å². The number of hydrogen-bond donors (Lipinski definition) is 1. The van der Waals surface area contributed by atoms with E-state index in [4.69, 9.17) is 0 Å². The van der Waals surface area contributed by atoms with Gasteiger partial charge in [-0.25, -0.2) is 8.42 Å². The number of anilines is 3. The van der Waals surface area contributed by atoms with Crippen molar-refractivity contribution < 1.29 is 18.0 Å². The van der Waals surface area contributed by atoms with Crippen molar-refractivity contribution in [2.45, 2.75) is 45.4 Å². The Morgan fingerprint density at radius 1 is 1.15 bits per heavy atom. The number of rotatable bonds is 8. The van der Waals surface area contributed by atoms with Crippen LogP contribution in [0.25, 0.3) is 0 Å². The van der Waals surface area contributed by atoms with Crippen LogP contribution in [0.3, 0.4) is 0 Å². The van der Waals surface area contributed by atoms with Crippen LogP contribution in [-0.2, 0) is 25.8 Å². The molecule has 3 rings (SSSR count). The molecule has 2 amide bonds. The molecule has 178 valence electrons. The number of nitrogens with zero attached hydrogens (tertiary/aromatic N) is 2. The van der Waals surface area contributed by atoms with E-state index in [1.54, 1.807) is 11.0 Å². The van der Waals surface area contributed by atoms with Crippen LogP contribution < -0.4 is 15.1 Å². The summed E-state index contributed by atoms with van der Waals surface area (Å²) in [5, 5.41) is 2.83. The topological polar surface area (TPSA) is 86.8 Å². The summed E-state index contributed by atoms with van der Waals surface area (Å²) in [6.45, 7) is 9.88. The molecule has 0 fully saturated rings. The van der Waals surface area contributed by atoms with Gasteiger partial charge in [0, 0.05) is 54.5 Å². The van der Waals surface area contributed by atoms with Gasteiger partial charge in [-0.15, -0.1) is 0 Å². The fourth-order valence-corrected chi connectivity index (χ4v) is 6.53. The summed E-state index contributed by atoms with van der Waals surface area (Å²) in [5.74, 6) is -0.812. The Labute approximate surface area is 204 Å². The van der Waals surface area contributed by atoms with E-state index in [1.807, 2.05) is 25.1 Å². The Hall–Kier alpha value is -2.39. The molecule has 0 radical (unpaired) electrons. The monoisotopic (exact) mass is 535 g/mol. The maximum Gasteiger partial charge on any atom is 0.225 e. The van der Waals surface area contributed by atoms with Crippen molar-refractivity contribution in [1.29, 1.82) is 0 Å². The maximum absolute atomic E-state index is 13.0. The summed E-state index contributed by atoms with van der Waals surface area (Å²) >= 11 is 3.36. The first-order valence-electron chi connectivity index (χ1n) is 11.1. The fraction of sp³-hybridized carbons (Fsp3) is 0.417. The number of fused-ring (bicyclic) bond motifs is 1. The Bertz CT molecular complexity index is 1180. The van der Waals surface area contributed by atoms with E-state index in [1.165, 1.54) is 13.0 Å². The van der Waals surface area contributed by atoms with Crippen LogP contribution in [0, 0.1) is 6.92 Å². The number of hydrogen-bond acceptors (Lipinski definition) is 5. The van der Waals surface area contributed by atoms with Gasteiger partial charge in [0.05, 0.1) is 10.6 Å². The highest BCUT2D eigenvalue weighted by molar-refractivity contribution is 9.10. The van der Waals surface area contributed by atoms with E-state index in [-0.39, 0.29) is 28.9 Å². The van der Waals surface area contributed by atoms with Crippen molar-refractivity contribution in [3.63, 3.8) is 0 Å². The van der Waals surface area contributed by atoms with E-state index in [9.17, 15) is 18.0 Å². The number of halogens is 1. The Balaban J connectivity index is 1.71. The zero-order valence-electron chi connectivity index (χ0n) is 19.4. The molecule has 1 aliphatic rings. The van der Waals surface area contributed by atoms with E-state index in [2.05, 4.69) is 40.0 Å². The number of carbonyl (C=O) groups excluding carboxylic acids is 2. The van der Waals surface area contributed by atoms with Gasteiger partial charge in [0.1, 0.15) is 0 Å². The van der Waals surface area contributed by atoms with E-state index < -0.39 is 9.84 Å². The normalized spacial score (nSPS) is 13.1. The Morgan fingerprint density at radius 3 is 2.45 bits per heavy atom. The number of sulfone groups is 1. The maximum atomic E-state index is 13.0. The molecular formula is C24H30BrN3O4S. The largest absolute Gasteiger partial charge is 0.372 e. The first-order chi connectivity index (χ1) is 15.6. The number of nitrogens with one attached hydrogen (secondary N) is 1. The lowest BCUT2D eigenvalue weighted by molar-refractivity contribution is -0.117. The first kappa shape index (κ1) is 25.2. The zero-order valence-corrected chi connectivity index (χ0v) is 21.8. The van der Waals surface area contributed by atoms with Gasteiger partial charge in [-0.3, -0.25) is 9.59 Å². The highest BCUT2D eigenvalue weighted by Gasteiger charge is 2.28. The summed E-state index contributed by atoms with van der Waals surface area (Å²) < 4.78 is 26.5. The standard InChI is InChI=1S/C24H30BrN3O4S/c1-5-27(6-2)19-7-8-21(16(3)13-19)26-24(30)10-12-33(31,32)23-15-22-18(14-20(23)25)9-11-28(22)17(4)29/h7-8,13-15H,5-6,9-12H2,1-4H3,(H,26,30). The molecule has 0 bridgehead atoms. The van der Waals surface area contributed by atoms with Gasteiger partial charge < -0.3 is 15.1 Å². The van der Waals surface area contributed by atoms with Gasteiger partial charge in [-0.05, 0) is 84.6 Å². The zero-order chi connectivity index (χ0) is 24.3. The van der Waals surface area contributed by atoms with Crippen LogP contribution in [0.2, 0.25) is 0 Å². The first-order valence-corrected chi connectivity index (χ1v) is 13.5. The molecule has 0 saturated heterocycles. The number of carbonyl (C=O) groups is 2. The van der Waals surface area contributed by atoms with Crippen molar-refractivity contribution in [1.82, 2.24) is 0 Å². The fourth-order valence-electron chi connectivity index (χ4n) is 4.08. The molecule has 9 heteroatoms. The molecule has 33 heavy (non-hydrogen) atoms. The van der Waals surface area contributed by atoms with Gasteiger partial charge in [-0.2, -0.15) is 0 Å². The lowest BCUT2D eigenvalue weighted by Gasteiger charge is -2.22. The van der Waals surface area contributed by atoms with Crippen LogP contribution in [-0.4, -0.2) is 45.6 Å². The molecule has 2 aromatic carbocycles. The molecule has 0 spiro atoms. The minimum Gasteiger partial charge on any atom is -0.372 e. The third-order valence-corrected chi connectivity index (χ3v) is 8.62. The van der Waals surface area contributed by atoms with Crippen molar-refractivity contribution in [3.05, 3.63) is 45.9 Å². The van der Waals surface area contributed by atoms with E-state index in [0.717, 1.165) is 29.9 Å². The minimum atomic E-state index is -3.74. The predicted molar refractivity (Wildman–Crippen MR) is 136 cm³/mol. The molecule has 0 atom stereocenters. The van der Waals surface area contributed by atoms with Crippen LogP contribution in [0.15, 0.2) is 39.7 Å². The van der Waals surface area contributed by atoms with Crippen molar-refractivity contribution >= 4 is 54.6 Å². The average Bonchev–Trinajstić information content (AvgIpc) is 3.17. The SMILES string of the molecule is CCN(CC)c1ccc(NC(=O)CCS(=O)(=O)c2cc3c(cc2Br)CCN3C(C)=O)c(C)c1. The average molecular weight is 536 g/mol. The molecule has 0 unspecified atom stereocenters. The molecule has 0 saturated carbocycles. The second-order valence-corrected chi connectivity index (χ2v) is 11.1. The second-order valence-electron chi connectivity index (χ2n) is 8.12. The predicted octanol–water partition coefficient (Wildman–Crippen LogP) is 4.32. The molecule has 2 aromatic rings. The Kier molecular flexibility index (Phi) is 7.84. The third kappa shape index (κ3) is 5.58. The van der Waals surface area contributed by atoms with Gasteiger partial charge in [-0.1, -0.05) is 0 Å². The lowest BCUT2D eigenvalue weighted by Crippen LogP contribution is -2.26. The summed E-state index contributed by atoms with van der Waals surface area (Å²) in [6, 6.07) is 9.11. The minimum absolute atomic E-state index is 0.0990. The summed E-state index contributed by atoms with van der Waals surface area (Å²) in [6.07, 6.45) is 0.516. The van der Waals surface area contributed by atoms with Gasteiger partial charge in [0.25, 0.3) is 0 Å². The number of aryl methyl sites for hydroxylation is 1. The van der Waals surface area contributed by atoms with Crippen LogP contribution >= 0.6 is 15.9 Å². The molecular weight excluding hydrogens is 506 g/mol. The second kappa shape index (κ2) is 10.3. The molecule has 0 aromatic heterocycles. The summed E-state index contributed by atoms with van der Waals surface area (Å²) in [7, 11) is -3.74. The van der Waals surface area contributed by atoms with Gasteiger partial charge in [0.15, 0.2) is 9.84 Å². The van der Waals surface area contributed by atoms with Gasteiger partial charge >= 0.3 is 0 Å².